The maximum Gasteiger partial charge on any atom is 0.202 e. The minimum Gasteiger partial charge on any atom is -0.392 e. The quantitative estimate of drug-likeness (QED) is 0.158. The van der Waals surface area contributed by atoms with Crippen LogP contribution >= 0.6 is 0 Å². The molecule has 51 heavy (non-hydrogen) atoms. The van der Waals surface area contributed by atoms with E-state index in [9.17, 15) is 20.1 Å². The number of hydrogen-bond acceptors (Lipinski definition) is 9. The molecule has 0 aliphatic carbocycles. The lowest BCUT2D eigenvalue weighted by molar-refractivity contribution is -0.409. The third-order valence-corrected chi connectivity index (χ3v) is 13.9. The molecule has 17 atom stereocenters. The zero-order valence-corrected chi connectivity index (χ0v) is 34.2. The van der Waals surface area contributed by atoms with Gasteiger partial charge in [-0.3, -0.25) is 4.79 Å². The number of aliphatic hydroxyl groups is 3. The highest BCUT2D eigenvalue weighted by molar-refractivity contribution is 5.84. The molecule has 4 aliphatic rings. The molecular formula is C42H74O9. The topological polar surface area (TPSA) is 124 Å². The second kappa shape index (κ2) is 16.4. The van der Waals surface area contributed by atoms with Gasteiger partial charge in [0.15, 0.2) is 5.79 Å². The van der Waals surface area contributed by atoms with Crippen LogP contribution in [0.25, 0.3) is 0 Å². The summed E-state index contributed by atoms with van der Waals surface area (Å²) in [5.41, 5.74) is -1.59. The van der Waals surface area contributed by atoms with Crippen LogP contribution in [0.4, 0.5) is 0 Å². The van der Waals surface area contributed by atoms with E-state index in [0.29, 0.717) is 44.4 Å². The van der Waals surface area contributed by atoms with Crippen molar-refractivity contribution in [3.8, 4) is 0 Å². The second-order valence-electron chi connectivity index (χ2n) is 17.8. The third-order valence-electron chi connectivity index (χ3n) is 13.9. The molecule has 9 heteroatoms. The first-order chi connectivity index (χ1) is 23.7. The first kappa shape index (κ1) is 42.8. The average Bonchev–Trinajstić information content (AvgIpc) is 3.44. The van der Waals surface area contributed by atoms with Crippen molar-refractivity contribution in [2.24, 2.45) is 41.4 Å². The van der Waals surface area contributed by atoms with E-state index in [2.05, 4.69) is 48.5 Å². The van der Waals surface area contributed by atoms with Crippen molar-refractivity contribution >= 4 is 5.78 Å². The molecule has 0 amide bonds. The zero-order chi connectivity index (χ0) is 38.3. The summed E-state index contributed by atoms with van der Waals surface area (Å²) < 4.78 is 33.7. The number of hydrogen-bond donors (Lipinski definition) is 3. The second-order valence-corrected chi connectivity index (χ2v) is 17.8. The molecule has 0 unspecified atom stereocenters. The van der Waals surface area contributed by atoms with Crippen LogP contribution in [0.15, 0.2) is 12.2 Å². The molecule has 0 bridgehead atoms. The highest BCUT2D eigenvalue weighted by atomic mass is 16.8. The predicted octanol–water partition coefficient (Wildman–Crippen LogP) is 7.37. The van der Waals surface area contributed by atoms with Crippen LogP contribution in [0.3, 0.4) is 0 Å². The van der Waals surface area contributed by atoms with Crippen LogP contribution in [0.1, 0.15) is 141 Å². The molecule has 4 rings (SSSR count). The van der Waals surface area contributed by atoms with Gasteiger partial charge in [0.05, 0.1) is 47.8 Å². The van der Waals surface area contributed by atoms with Gasteiger partial charge in [-0.05, 0) is 89.2 Å². The van der Waals surface area contributed by atoms with Gasteiger partial charge < -0.3 is 39.0 Å². The summed E-state index contributed by atoms with van der Waals surface area (Å²) in [7, 11) is 0. The molecule has 4 aliphatic heterocycles. The van der Waals surface area contributed by atoms with E-state index in [1.165, 1.54) is 0 Å². The monoisotopic (exact) mass is 723 g/mol. The Hall–Kier alpha value is -0.910. The average molecular weight is 723 g/mol. The molecule has 3 fully saturated rings. The van der Waals surface area contributed by atoms with Gasteiger partial charge in [-0.15, -0.1) is 0 Å². The lowest BCUT2D eigenvalue weighted by atomic mass is 9.73. The summed E-state index contributed by atoms with van der Waals surface area (Å²) in [6.45, 7) is 26.7. The molecule has 0 aromatic rings. The molecular weight excluding hydrogens is 648 g/mol. The van der Waals surface area contributed by atoms with E-state index >= 15 is 0 Å². The van der Waals surface area contributed by atoms with E-state index in [-0.39, 0.29) is 53.9 Å². The fourth-order valence-electron chi connectivity index (χ4n) is 9.56. The Bertz CT molecular complexity index is 1190. The molecule has 2 spiro atoms. The van der Waals surface area contributed by atoms with Crippen molar-refractivity contribution in [3.63, 3.8) is 0 Å². The Morgan fingerprint density at radius 3 is 2.22 bits per heavy atom. The minimum atomic E-state index is -1.34. The van der Waals surface area contributed by atoms with Crippen molar-refractivity contribution in [3.05, 3.63) is 12.2 Å². The molecule has 9 nitrogen and oxygen atoms in total. The van der Waals surface area contributed by atoms with Gasteiger partial charge in [-0.25, -0.2) is 0 Å². The maximum absolute atomic E-state index is 14.4. The SMILES string of the molecule is CC[C@H](C(=O)[C@H](C)[C@H](O)[C@@H](C)[C@@H](O[C@@H](C)[C@@H](C)CC)C(C)C)[C@@H]1O[C@@]2(C=C[C@H](O)[C@@]3(CC[C@](C)([C@@H]4CC[C@@](O)(CC)[C@@H](C)O4)O3)O2)[C@@H](C)C[C@H]1C. The summed E-state index contributed by atoms with van der Waals surface area (Å²) in [5, 5.41) is 34.2. The lowest BCUT2D eigenvalue weighted by Gasteiger charge is -2.54. The lowest BCUT2D eigenvalue weighted by Crippen LogP contribution is -2.63. The van der Waals surface area contributed by atoms with Crippen LogP contribution in [0.5, 0.6) is 0 Å². The Morgan fingerprint density at radius 1 is 0.980 bits per heavy atom. The number of carbonyl (C=O) groups excluding carboxylic acids is 1. The molecule has 0 radical (unpaired) electrons. The summed E-state index contributed by atoms with van der Waals surface area (Å²) in [5.74, 6) is -3.29. The van der Waals surface area contributed by atoms with Crippen molar-refractivity contribution < 1.29 is 43.8 Å². The fourth-order valence-corrected chi connectivity index (χ4v) is 9.56. The molecule has 3 saturated heterocycles. The van der Waals surface area contributed by atoms with Gasteiger partial charge in [0, 0.05) is 30.1 Å². The summed E-state index contributed by atoms with van der Waals surface area (Å²) >= 11 is 0. The normalized spacial score (nSPS) is 42.8. The van der Waals surface area contributed by atoms with Gasteiger partial charge in [-0.1, -0.05) is 75.7 Å². The van der Waals surface area contributed by atoms with E-state index in [0.717, 1.165) is 12.8 Å². The van der Waals surface area contributed by atoms with E-state index in [4.69, 9.17) is 23.7 Å². The number of Topliss-reactive ketones (excluding diaryl/α,β-unsaturated/α-hetero) is 1. The Kier molecular flexibility index (Phi) is 13.8. The molecule has 0 saturated carbocycles. The zero-order valence-electron chi connectivity index (χ0n) is 34.2. The summed E-state index contributed by atoms with van der Waals surface area (Å²) in [6.07, 6.45) is 5.78. The largest absolute Gasteiger partial charge is 0.392 e. The summed E-state index contributed by atoms with van der Waals surface area (Å²) in [6, 6.07) is 0. The molecule has 4 heterocycles. The standard InChI is InChI=1S/C42H74O9/c1-14-25(6)30(11)47-37(24(4)5)29(10)35(44)28(9)36(45)32(15-2)38-26(7)23-27(8)41(49-38)20-17-33(43)42(51-41)22-21-39(13,50-42)34-18-19-40(46,16-3)31(12)48-34/h17,20,24-35,37-38,43-44,46H,14-16,18-19,21-23H2,1-13H3/t25-,26+,27-,28+,29+,30-,31+,32+,33-,34-,35-,37-,38+,39+,40-,41+,42+/m0/s1. The first-order valence-corrected chi connectivity index (χ1v) is 20.4. The van der Waals surface area contributed by atoms with Crippen LogP contribution in [-0.2, 0) is 28.5 Å². The number of ether oxygens (including phenoxy) is 5. The Balaban J connectivity index is 1.52. The number of aliphatic hydroxyl groups excluding tert-OH is 2. The van der Waals surface area contributed by atoms with Crippen LogP contribution in [0.2, 0.25) is 0 Å². The van der Waals surface area contributed by atoms with Gasteiger partial charge >= 0.3 is 0 Å². The van der Waals surface area contributed by atoms with Crippen molar-refractivity contribution in [2.75, 3.05) is 0 Å². The van der Waals surface area contributed by atoms with E-state index in [1.54, 1.807) is 6.08 Å². The number of rotatable bonds is 14. The summed E-state index contributed by atoms with van der Waals surface area (Å²) in [4.78, 5) is 14.4. The van der Waals surface area contributed by atoms with Crippen molar-refractivity contribution in [2.45, 2.75) is 207 Å². The van der Waals surface area contributed by atoms with Crippen molar-refractivity contribution in [1.82, 2.24) is 0 Å². The molecule has 0 aromatic carbocycles. The van der Waals surface area contributed by atoms with Crippen LogP contribution < -0.4 is 0 Å². The molecule has 0 aromatic heterocycles. The van der Waals surface area contributed by atoms with E-state index < -0.39 is 52.9 Å². The molecule has 296 valence electrons. The molecule has 3 N–H and O–H groups in total. The highest BCUT2D eigenvalue weighted by Crippen LogP contribution is 2.54. The van der Waals surface area contributed by atoms with Gasteiger partial charge in [0.1, 0.15) is 11.9 Å². The number of ketones is 1. The fraction of sp³-hybridized carbons (Fsp3) is 0.929. The first-order valence-electron chi connectivity index (χ1n) is 20.4. The van der Waals surface area contributed by atoms with Gasteiger partial charge in [0.2, 0.25) is 5.79 Å². The smallest absolute Gasteiger partial charge is 0.202 e. The highest BCUT2D eigenvalue weighted by Gasteiger charge is 2.63. The van der Waals surface area contributed by atoms with Gasteiger partial charge in [-0.2, -0.15) is 0 Å². The maximum atomic E-state index is 14.4. The van der Waals surface area contributed by atoms with Gasteiger partial charge in [0.25, 0.3) is 0 Å². The van der Waals surface area contributed by atoms with Crippen LogP contribution in [0, 0.1) is 41.4 Å². The Morgan fingerprint density at radius 2 is 1.65 bits per heavy atom. The third kappa shape index (κ3) is 8.36. The minimum absolute atomic E-state index is 0.00859. The van der Waals surface area contributed by atoms with Crippen molar-refractivity contribution in [1.29, 1.82) is 0 Å². The predicted molar refractivity (Wildman–Crippen MR) is 199 cm³/mol. The van der Waals surface area contributed by atoms with Crippen LogP contribution in [-0.4, -0.2) is 86.6 Å². The van der Waals surface area contributed by atoms with E-state index in [1.807, 2.05) is 47.6 Å². The number of carbonyl (C=O) groups is 1. The Labute approximate surface area is 309 Å².